The molecule has 9 heteroatoms. The lowest BCUT2D eigenvalue weighted by Gasteiger charge is -2.33. The highest BCUT2D eigenvalue weighted by molar-refractivity contribution is 7.99. The lowest BCUT2D eigenvalue weighted by atomic mass is 9.98. The van der Waals surface area contributed by atoms with E-state index in [1.54, 1.807) is 18.0 Å². The molecule has 2 amide bonds. The van der Waals surface area contributed by atoms with E-state index in [2.05, 4.69) is 15.6 Å². The quantitative estimate of drug-likeness (QED) is 0.668. The smallest absolute Gasteiger partial charge is 0.237 e. The van der Waals surface area contributed by atoms with Crippen LogP contribution in [0.3, 0.4) is 0 Å². The van der Waals surface area contributed by atoms with Crippen LogP contribution in [0.5, 0.6) is 0 Å². The maximum absolute atomic E-state index is 12.5. The van der Waals surface area contributed by atoms with Crippen molar-refractivity contribution in [2.24, 2.45) is 5.92 Å². The number of nitrogens with zero attached hydrogens (tertiary/aromatic N) is 2. The van der Waals surface area contributed by atoms with Crippen molar-refractivity contribution in [1.29, 1.82) is 0 Å². The summed E-state index contributed by atoms with van der Waals surface area (Å²) in [6.07, 6.45) is 5.86. The first-order valence-corrected chi connectivity index (χ1v) is 10.6. The molecule has 6 nitrogen and oxygen atoms in total. The highest BCUT2D eigenvalue weighted by Crippen LogP contribution is 2.18. The lowest BCUT2D eigenvalue weighted by Crippen LogP contribution is -2.47. The molecule has 158 valence electrons. The molecule has 2 aliphatic heterocycles. The first kappa shape index (κ1) is 25.0. The van der Waals surface area contributed by atoms with Gasteiger partial charge in [0.1, 0.15) is 0 Å². The third kappa shape index (κ3) is 7.78. The minimum absolute atomic E-state index is 0. The zero-order valence-corrected chi connectivity index (χ0v) is 18.4. The van der Waals surface area contributed by atoms with E-state index < -0.39 is 0 Å². The second-order valence-corrected chi connectivity index (χ2v) is 8.04. The molecular weight excluding hydrogens is 419 g/mol. The Bertz CT molecular complexity index is 603. The summed E-state index contributed by atoms with van der Waals surface area (Å²) in [5, 5.41) is 6.29. The molecule has 2 fully saturated rings. The van der Waals surface area contributed by atoms with Gasteiger partial charge in [0.15, 0.2) is 0 Å². The predicted octanol–water partition coefficient (Wildman–Crippen LogP) is 2.27. The summed E-state index contributed by atoms with van der Waals surface area (Å²) < 4.78 is 0. The summed E-state index contributed by atoms with van der Waals surface area (Å²) in [7, 11) is 0. The van der Waals surface area contributed by atoms with E-state index in [0.717, 1.165) is 56.8 Å². The zero-order valence-electron chi connectivity index (χ0n) is 16.0. The normalized spacial score (nSPS) is 21.4. The average Bonchev–Trinajstić information content (AvgIpc) is 3.22. The minimum atomic E-state index is -0.0284. The molecule has 0 spiro atoms. The van der Waals surface area contributed by atoms with Gasteiger partial charge < -0.3 is 15.5 Å². The Morgan fingerprint density at radius 1 is 1.25 bits per heavy atom. The second kappa shape index (κ2) is 13.2. The second-order valence-electron chi connectivity index (χ2n) is 7.06. The molecule has 1 aromatic rings. The van der Waals surface area contributed by atoms with Crippen molar-refractivity contribution in [2.45, 2.75) is 37.5 Å². The van der Waals surface area contributed by atoms with Crippen molar-refractivity contribution >= 4 is 48.4 Å². The van der Waals surface area contributed by atoms with E-state index in [1.165, 1.54) is 0 Å². The third-order valence-electron chi connectivity index (χ3n) is 5.02. The van der Waals surface area contributed by atoms with E-state index in [-0.39, 0.29) is 42.7 Å². The van der Waals surface area contributed by atoms with Gasteiger partial charge in [-0.25, -0.2) is 0 Å². The predicted molar refractivity (Wildman–Crippen MR) is 118 cm³/mol. The van der Waals surface area contributed by atoms with E-state index in [1.807, 2.05) is 23.1 Å². The fraction of sp³-hybridized carbons (Fsp3) is 0.632. The first-order chi connectivity index (χ1) is 12.7. The van der Waals surface area contributed by atoms with Gasteiger partial charge in [0.25, 0.3) is 0 Å². The van der Waals surface area contributed by atoms with Crippen molar-refractivity contribution in [1.82, 2.24) is 20.5 Å². The highest BCUT2D eigenvalue weighted by Gasteiger charge is 2.26. The van der Waals surface area contributed by atoms with Crippen LogP contribution in [-0.4, -0.2) is 59.7 Å². The number of carbonyl (C=O) groups is 2. The number of likely N-dealkylation sites (tertiary alicyclic amines) is 1. The molecule has 1 aromatic heterocycles. The molecule has 0 bridgehead atoms. The molecule has 0 aliphatic carbocycles. The molecular formula is C19H30Cl2N4O2S. The molecule has 3 heterocycles. The minimum Gasteiger partial charge on any atom is -0.354 e. The monoisotopic (exact) mass is 448 g/mol. The number of aromatic nitrogens is 1. The van der Waals surface area contributed by atoms with Gasteiger partial charge >= 0.3 is 0 Å². The van der Waals surface area contributed by atoms with Crippen LogP contribution in [0.2, 0.25) is 0 Å². The van der Waals surface area contributed by atoms with Crippen molar-refractivity contribution in [2.75, 3.05) is 31.9 Å². The standard InChI is InChI=1S/C19H28N4O2S.2ClH/c24-18(14-26-13-16-6-1-2-8-20-16)23-10-4-5-15(12-23)11-22-19(25)17-7-3-9-21-17;;/h1-2,6,8,15,17,21H,3-5,7,9-14H2,(H,22,25);2*1H. The molecule has 0 aromatic carbocycles. The fourth-order valence-corrected chi connectivity index (χ4v) is 4.39. The van der Waals surface area contributed by atoms with Crippen LogP contribution < -0.4 is 10.6 Å². The van der Waals surface area contributed by atoms with E-state index in [9.17, 15) is 9.59 Å². The SMILES string of the molecule is Cl.Cl.O=C(NCC1CCCN(C(=O)CSCc2ccccn2)C1)C1CCCN1. The van der Waals surface area contributed by atoms with E-state index in [0.29, 0.717) is 18.2 Å². The summed E-state index contributed by atoms with van der Waals surface area (Å²) in [4.78, 5) is 30.8. The van der Waals surface area contributed by atoms with Gasteiger partial charge in [-0.1, -0.05) is 6.07 Å². The topological polar surface area (TPSA) is 74.3 Å². The zero-order chi connectivity index (χ0) is 18.2. The van der Waals surface area contributed by atoms with Crippen molar-refractivity contribution in [3.8, 4) is 0 Å². The van der Waals surface area contributed by atoms with Gasteiger partial charge in [-0.2, -0.15) is 0 Å². The van der Waals surface area contributed by atoms with Gasteiger partial charge in [0, 0.05) is 31.6 Å². The Morgan fingerprint density at radius 2 is 2.11 bits per heavy atom. The fourth-order valence-electron chi connectivity index (χ4n) is 3.55. The third-order valence-corrected chi connectivity index (χ3v) is 5.97. The van der Waals surface area contributed by atoms with Crippen molar-refractivity contribution in [3.05, 3.63) is 30.1 Å². The van der Waals surface area contributed by atoms with Crippen LogP contribution in [-0.2, 0) is 15.3 Å². The van der Waals surface area contributed by atoms with Crippen LogP contribution in [0, 0.1) is 5.92 Å². The molecule has 2 aliphatic rings. The Hall–Kier alpha value is -1.02. The van der Waals surface area contributed by atoms with Gasteiger partial charge in [0.2, 0.25) is 11.8 Å². The number of amides is 2. The summed E-state index contributed by atoms with van der Waals surface area (Å²) >= 11 is 1.61. The van der Waals surface area contributed by atoms with Crippen molar-refractivity contribution in [3.63, 3.8) is 0 Å². The number of rotatable bonds is 7. The van der Waals surface area contributed by atoms with Gasteiger partial charge in [0.05, 0.1) is 17.5 Å². The number of thioether (sulfide) groups is 1. The maximum atomic E-state index is 12.5. The van der Waals surface area contributed by atoms with Crippen LogP contribution in [0.4, 0.5) is 0 Å². The molecule has 0 saturated carbocycles. The van der Waals surface area contributed by atoms with Crippen LogP contribution >= 0.6 is 36.6 Å². The molecule has 3 rings (SSSR count). The summed E-state index contributed by atoms with van der Waals surface area (Å²) in [5.74, 6) is 1.91. The summed E-state index contributed by atoms with van der Waals surface area (Å²) in [6.45, 7) is 3.18. The number of halogens is 2. The summed E-state index contributed by atoms with van der Waals surface area (Å²) in [5.41, 5.74) is 1.00. The van der Waals surface area contributed by atoms with Crippen molar-refractivity contribution < 1.29 is 9.59 Å². The Balaban J connectivity index is 0.00000196. The number of hydrogen-bond donors (Lipinski definition) is 2. The largest absolute Gasteiger partial charge is 0.354 e. The van der Waals surface area contributed by atoms with Gasteiger partial charge in [-0.3, -0.25) is 14.6 Å². The molecule has 2 unspecified atom stereocenters. The number of piperidine rings is 1. The Kier molecular flexibility index (Phi) is 11.8. The van der Waals surface area contributed by atoms with Crippen LogP contribution in [0.25, 0.3) is 0 Å². The number of nitrogens with one attached hydrogen (secondary N) is 2. The number of hydrogen-bond acceptors (Lipinski definition) is 5. The molecule has 2 saturated heterocycles. The Labute approximate surface area is 183 Å². The molecule has 2 atom stereocenters. The first-order valence-electron chi connectivity index (χ1n) is 9.49. The molecule has 0 radical (unpaired) electrons. The average molecular weight is 449 g/mol. The lowest BCUT2D eigenvalue weighted by molar-refractivity contribution is -0.130. The molecule has 28 heavy (non-hydrogen) atoms. The van der Waals surface area contributed by atoms with Gasteiger partial charge in [-0.05, 0) is 50.3 Å². The highest BCUT2D eigenvalue weighted by atomic mass is 35.5. The van der Waals surface area contributed by atoms with E-state index in [4.69, 9.17) is 0 Å². The number of pyridine rings is 1. The Morgan fingerprint density at radius 3 is 2.82 bits per heavy atom. The molecule has 2 N–H and O–H groups in total. The van der Waals surface area contributed by atoms with Gasteiger partial charge in [-0.15, -0.1) is 36.6 Å². The summed E-state index contributed by atoms with van der Waals surface area (Å²) in [6, 6.07) is 5.82. The van der Waals surface area contributed by atoms with Crippen LogP contribution in [0.1, 0.15) is 31.4 Å². The van der Waals surface area contributed by atoms with Crippen LogP contribution in [0.15, 0.2) is 24.4 Å². The van der Waals surface area contributed by atoms with E-state index >= 15 is 0 Å². The maximum Gasteiger partial charge on any atom is 0.237 e. The number of carbonyl (C=O) groups excluding carboxylic acids is 2.